The summed E-state index contributed by atoms with van der Waals surface area (Å²) in [5, 5.41) is 0.266. The third-order valence-electron chi connectivity index (χ3n) is 1.58. The number of nitrogens with two attached hydrogens (primary N) is 1. The van der Waals surface area contributed by atoms with Gasteiger partial charge in [0, 0.05) is 6.54 Å². The van der Waals surface area contributed by atoms with E-state index in [2.05, 4.69) is 0 Å². The minimum absolute atomic E-state index is 0.426. The van der Waals surface area contributed by atoms with Gasteiger partial charge in [-0.05, 0) is 12.8 Å². The molecule has 3 N–H and O–H groups in total. The molecule has 5 nitrogen and oxygen atoms in total. The molecule has 0 spiro atoms. The second-order valence-electron chi connectivity index (χ2n) is 2.35. The van der Waals surface area contributed by atoms with Crippen LogP contribution in [-0.4, -0.2) is 29.9 Å². The maximum absolute atomic E-state index is 10.5. The summed E-state index contributed by atoms with van der Waals surface area (Å²) in [5.74, 6) is 5.26. The molecule has 0 amide bonds. The van der Waals surface area contributed by atoms with E-state index < -0.39 is 15.5 Å². The molecular weight excluding hydrogens is 156 g/mol. The zero-order valence-corrected chi connectivity index (χ0v) is 6.21. The Kier molecular flexibility index (Phi) is 1.95. The molecule has 1 aliphatic heterocycles. The molecule has 6 heteroatoms. The van der Waals surface area contributed by atoms with Crippen molar-refractivity contribution in [2.45, 2.75) is 18.2 Å². The molecule has 0 aromatic heterocycles. The van der Waals surface area contributed by atoms with Crippen molar-refractivity contribution in [1.29, 1.82) is 0 Å². The zero-order chi connectivity index (χ0) is 7.78. The SMILES string of the molecule is NN1CCCC1S(=O)(=O)O. The third-order valence-corrected chi connectivity index (χ3v) is 2.78. The summed E-state index contributed by atoms with van der Waals surface area (Å²) in [6.45, 7) is 0.532. The van der Waals surface area contributed by atoms with Gasteiger partial charge in [0.05, 0.1) is 0 Å². The van der Waals surface area contributed by atoms with E-state index in [1.54, 1.807) is 0 Å². The van der Waals surface area contributed by atoms with Crippen LogP contribution in [0.5, 0.6) is 0 Å². The van der Waals surface area contributed by atoms with Crippen molar-refractivity contribution in [1.82, 2.24) is 5.01 Å². The Balaban J connectivity index is 2.74. The Hall–Kier alpha value is -0.170. The van der Waals surface area contributed by atoms with E-state index in [9.17, 15) is 8.42 Å². The molecule has 10 heavy (non-hydrogen) atoms. The Labute approximate surface area is 59.5 Å². The Morgan fingerprint density at radius 1 is 1.60 bits per heavy atom. The van der Waals surface area contributed by atoms with Crippen LogP contribution in [0.3, 0.4) is 0 Å². The lowest BCUT2D eigenvalue weighted by Gasteiger charge is -2.14. The van der Waals surface area contributed by atoms with Gasteiger partial charge >= 0.3 is 0 Å². The molecule has 0 saturated carbocycles. The molecule has 1 rings (SSSR count). The Morgan fingerprint density at radius 3 is 2.40 bits per heavy atom. The van der Waals surface area contributed by atoms with E-state index in [4.69, 9.17) is 10.4 Å². The van der Waals surface area contributed by atoms with E-state index in [1.807, 2.05) is 0 Å². The molecule has 0 bridgehead atoms. The summed E-state index contributed by atoms with van der Waals surface area (Å²) < 4.78 is 29.5. The van der Waals surface area contributed by atoms with Crippen LogP contribution >= 0.6 is 0 Å². The first kappa shape index (κ1) is 7.93. The highest BCUT2D eigenvalue weighted by atomic mass is 32.2. The summed E-state index contributed by atoms with van der Waals surface area (Å²) in [7, 11) is -3.95. The highest BCUT2D eigenvalue weighted by molar-refractivity contribution is 7.86. The second kappa shape index (κ2) is 2.46. The summed E-state index contributed by atoms with van der Waals surface area (Å²) in [4.78, 5) is 0. The van der Waals surface area contributed by atoms with Crippen LogP contribution < -0.4 is 5.84 Å². The maximum atomic E-state index is 10.5. The molecule has 0 aromatic rings. The average Bonchev–Trinajstić information content (AvgIpc) is 2.11. The van der Waals surface area contributed by atoms with Crippen LogP contribution in [-0.2, 0) is 10.1 Å². The van der Waals surface area contributed by atoms with Gasteiger partial charge in [-0.25, -0.2) is 5.01 Å². The van der Waals surface area contributed by atoms with Crippen molar-refractivity contribution in [3.8, 4) is 0 Å². The number of nitrogens with zero attached hydrogens (tertiary/aromatic N) is 1. The van der Waals surface area contributed by atoms with Crippen LogP contribution in [0.25, 0.3) is 0 Å². The minimum Gasteiger partial charge on any atom is -0.284 e. The first-order valence-corrected chi connectivity index (χ1v) is 4.50. The summed E-state index contributed by atoms with van der Waals surface area (Å²) in [6.07, 6.45) is 1.15. The van der Waals surface area contributed by atoms with E-state index in [1.165, 1.54) is 0 Å². The zero-order valence-electron chi connectivity index (χ0n) is 5.40. The maximum Gasteiger partial charge on any atom is 0.282 e. The van der Waals surface area contributed by atoms with Crippen LogP contribution in [0.4, 0.5) is 0 Å². The fourth-order valence-corrected chi connectivity index (χ4v) is 1.99. The predicted octanol–water partition coefficient (Wildman–Crippen LogP) is -0.830. The highest BCUT2D eigenvalue weighted by Crippen LogP contribution is 2.16. The molecule has 1 saturated heterocycles. The Bertz CT molecular complexity index is 213. The molecule has 60 valence electrons. The van der Waals surface area contributed by atoms with Crippen molar-refractivity contribution in [3.05, 3.63) is 0 Å². The normalized spacial score (nSPS) is 29.2. The largest absolute Gasteiger partial charge is 0.284 e. The fourth-order valence-electron chi connectivity index (χ4n) is 1.08. The van der Waals surface area contributed by atoms with Crippen molar-refractivity contribution < 1.29 is 13.0 Å². The topological polar surface area (TPSA) is 83.6 Å². The number of hydrogen-bond acceptors (Lipinski definition) is 4. The van der Waals surface area contributed by atoms with Gasteiger partial charge in [-0.2, -0.15) is 8.42 Å². The first-order valence-electron chi connectivity index (χ1n) is 2.99. The van der Waals surface area contributed by atoms with Crippen LogP contribution in [0.2, 0.25) is 0 Å². The molecule has 1 atom stereocenters. The molecule has 0 aliphatic carbocycles. The fraction of sp³-hybridized carbons (Fsp3) is 1.00. The van der Waals surface area contributed by atoms with Crippen LogP contribution in [0.1, 0.15) is 12.8 Å². The third kappa shape index (κ3) is 1.46. The average molecular weight is 166 g/mol. The minimum atomic E-state index is -3.95. The quantitative estimate of drug-likeness (QED) is 0.392. The van der Waals surface area contributed by atoms with Gasteiger partial charge in [0.1, 0.15) is 0 Å². The summed E-state index contributed by atoms with van der Waals surface area (Å²) >= 11 is 0. The number of hydrazine groups is 1. The van der Waals surface area contributed by atoms with Crippen LogP contribution in [0.15, 0.2) is 0 Å². The van der Waals surface area contributed by atoms with E-state index in [0.29, 0.717) is 13.0 Å². The van der Waals surface area contributed by atoms with Crippen molar-refractivity contribution >= 4 is 10.1 Å². The predicted molar refractivity (Wildman–Crippen MR) is 35.5 cm³/mol. The van der Waals surface area contributed by atoms with Gasteiger partial charge < -0.3 is 0 Å². The second-order valence-corrected chi connectivity index (χ2v) is 3.92. The van der Waals surface area contributed by atoms with Gasteiger partial charge in [-0.1, -0.05) is 0 Å². The molecule has 0 aromatic carbocycles. The standard InChI is InChI=1S/C4H10N2O3S/c5-6-3-1-2-4(6)10(7,8)9/h4H,1-3,5H2,(H,7,8,9). The van der Waals surface area contributed by atoms with Crippen molar-refractivity contribution in [2.24, 2.45) is 5.84 Å². The molecule has 1 heterocycles. The Morgan fingerprint density at radius 2 is 2.20 bits per heavy atom. The van der Waals surface area contributed by atoms with Crippen LogP contribution in [0, 0.1) is 0 Å². The van der Waals surface area contributed by atoms with Gasteiger partial charge in [-0.15, -0.1) is 0 Å². The highest BCUT2D eigenvalue weighted by Gasteiger charge is 2.31. The molecule has 0 radical (unpaired) electrons. The van der Waals surface area contributed by atoms with Gasteiger partial charge in [0.15, 0.2) is 5.37 Å². The van der Waals surface area contributed by atoms with Gasteiger partial charge in [0.25, 0.3) is 10.1 Å². The first-order chi connectivity index (χ1) is 4.52. The summed E-state index contributed by atoms with van der Waals surface area (Å²) in [6, 6.07) is 0. The molecule has 1 fully saturated rings. The summed E-state index contributed by atoms with van der Waals surface area (Å²) in [5.41, 5.74) is 0. The van der Waals surface area contributed by atoms with E-state index in [-0.39, 0.29) is 0 Å². The number of rotatable bonds is 1. The molecule has 1 aliphatic rings. The lowest BCUT2D eigenvalue weighted by Crippen LogP contribution is -2.40. The van der Waals surface area contributed by atoms with E-state index >= 15 is 0 Å². The van der Waals surface area contributed by atoms with Crippen molar-refractivity contribution in [2.75, 3.05) is 6.54 Å². The lowest BCUT2D eigenvalue weighted by atomic mass is 10.4. The monoisotopic (exact) mass is 166 g/mol. The van der Waals surface area contributed by atoms with Gasteiger partial charge in [0.2, 0.25) is 0 Å². The number of hydrogen-bond donors (Lipinski definition) is 2. The molecule has 1 unspecified atom stereocenters. The molecular formula is C4H10N2O3S. The van der Waals surface area contributed by atoms with Gasteiger partial charge in [-0.3, -0.25) is 10.4 Å². The lowest BCUT2D eigenvalue weighted by molar-refractivity contribution is 0.302. The smallest absolute Gasteiger partial charge is 0.282 e. The van der Waals surface area contributed by atoms with E-state index in [0.717, 1.165) is 11.4 Å². The van der Waals surface area contributed by atoms with Crippen molar-refractivity contribution in [3.63, 3.8) is 0 Å².